The fourth-order valence-electron chi connectivity index (χ4n) is 4.35. The van der Waals surface area contributed by atoms with Gasteiger partial charge < -0.3 is 14.7 Å². The first-order valence-corrected chi connectivity index (χ1v) is 12.5. The van der Waals surface area contributed by atoms with Crippen molar-refractivity contribution in [3.63, 3.8) is 0 Å². The van der Waals surface area contributed by atoms with Gasteiger partial charge in [-0.25, -0.2) is 4.79 Å². The molecule has 2 aromatic carbocycles. The maximum absolute atomic E-state index is 13.7. The van der Waals surface area contributed by atoms with E-state index in [1.807, 2.05) is 45.0 Å². The first-order chi connectivity index (χ1) is 15.8. The van der Waals surface area contributed by atoms with Crippen molar-refractivity contribution in [3.05, 3.63) is 42.5 Å². The fourth-order valence-corrected chi connectivity index (χ4v) is 5.70. The average molecular weight is 486 g/mol. The molecular formula is C27H35NO5S. The highest BCUT2D eigenvalue weighted by atomic mass is 32.2. The molecule has 0 unspecified atom stereocenters. The SMILES string of the molecule is CC(C)(C)OC(=O)C[C@H](C(=O)N1C[C@H](Sc2cccc3ccccc23)C[C@H]1C(=O)O)C(C)(C)C. The van der Waals surface area contributed by atoms with E-state index in [0.717, 1.165) is 15.7 Å². The summed E-state index contributed by atoms with van der Waals surface area (Å²) < 4.78 is 5.46. The minimum absolute atomic E-state index is 0.0574. The minimum Gasteiger partial charge on any atom is -0.480 e. The zero-order valence-corrected chi connectivity index (χ0v) is 21.6. The Morgan fingerprint density at radius 1 is 1.06 bits per heavy atom. The van der Waals surface area contributed by atoms with Gasteiger partial charge in [-0.05, 0) is 49.4 Å². The van der Waals surface area contributed by atoms with Crippen LogP contribution in [0.1, 0.15) is 54.4 Å². The van der Waals surface area contributed by atoms with Gasteiger partial charge in [-0.15, -0.1) is 11.8 Å². The van der Waals surface area contributed by atoms with Crippen LogP contribution in [-0.2, 0) is 19.1 Å². The molecule has 0 aliphatic carbocycles. The Bertz CT molecular complexity index is 1060. The normalized spacial score (nSPS) is 19.8. The van der Waals surface area contributed by atoms with Crippen LogP contribution >= 0.6 is 11.8 Å². The van der Waals surface area contributed by atoms with Crippen LogP contribution in [0, 0.1) is 11.3 Å². The Balaban J connectivity index is 1.82. The van der Waals surface area contributed by atoms with E-state index >= 15 is 0 Å². The van der Waals surface area contributed by atoms with Gasteiger partial charge in [-0.1, -0.05) is 57.2 Å². The number of hydrogen-bond acceptors (Lipinski definition) is 5. The number of thioether (sulfide) groups is 1. The van der Waals surface area contributed by atoms with E-state index in [4.69, 9.17) is 4.74 Å². The number of hydrogen-bond donors (Lipinski definition) is 1. The predicted octanol–water partition coefficient (Wildman–Crippen LogP) is 5.38. The summed E-state index contributed by atoms with van der Waals surface area (Å²) in [5, 5.41) is 12.1. The van der Waals surface area contributed by atoms with Gasteiger partial charge >= 0.3 is 11.9 Å². The second kappa shape index (κ2) is 9.98. The summed E-state index contributed by atoms with van der Waals surface area (Å²) in [6, 6.07) is 13.3. The highest BCUT2D eigenvalue weighted by Gasteiger charge is 2.45. The second-order valence-electron chi connectivity index (χ2n) is 11.0. The van der Waals surface area contributed by atoms with E-state index in [0.29, 0.717) is 13.0 Å². The van der Waals surface area contributed by atoms with Crippen LogP contribution in [-0.4, -0.2) is 51.3 Å². The molecular weight excluding hydrogens is 450 g/mol. The Hall–Kier alpha value is -2.54. The predicted molar refractivity (Wildman–Crippen MR) is 135 cm³/mol. The number of likely N-dealkylation sites (tertiary alicyclic amines) is 1. The van der Waals surface area contributed by atoms with Crippen molar-refractivity contribution < 1.29 is 24.2 Å². The number of carbonyl (C=O) groups is 3. The summed E-state index contributed by atoms with van der Waals surface area (Å²) in [6.07, 6.45) is 0.280. The number of rotatable bonds is 6. The van der Waals surface area contributed by atoms with Gasteiger partial charge in [0.05, 0.1) is 12.3 Å². The van der Waals surface area contributed by atoms with Crippen LogP contribution in [0.5, 0.6) is 0 Å². The summed E-state index contributed by atoms with van der Waals surface area (Å²) in [7, 11) is 0. The van der Waals surface area contributed by atoms with Gasteiger partial charge in [0, 0.05) is 16.7 Å². The lowest BCUT2D eigenvalue weighted by atomic mass is 9.77. The van der Waals surface area contributed by atoms with E-state index in [1.165, 1.54) is 4.90 Å². The van der Waals surface area contributed by atoms with Gasteiger partial charge in [-0.2, -0.15) is 0 Å². The summed E-state index contributed by atoms with van der Waals surface area (Å²) in [5.41, 5.74) is -1.18. The van der Waals surface area contributed by atoms with Crippen molar-refractivity contribution in [1.29, 1.82) is 0 Å². The standard InChI is InChI=1S/C27H35NO5S/c1-26(2,3)20(15-23(29)33-27(4,5)6)24(30)28-16-18(14-21(28)25(31)32)34-22-13-9-11-17-10-7-8-12-19(17)22/h7-13,18,20-21H,14-16H2,1-6H3,(H,31,32)/t18-,20-,21+/m1/s1. The zero-order chi connectivity index (χ0) is 25.3. The molecule has 6 nitrogen and oxygen atoms in total. The third-order valence-corrected chi connectivity index (χ3v) is 7.29. The van der Waals surface area contributed by atoms with Crippen molar-refractivity contribution in [2.75, 3.05) is 6.54 Å². The van der Waals surface area contributed by atoms with Gasteiger partial charge in [0.1, 0.15) is 11.6 Å². The molecule has 1 heterocycles. The third kappa shape index (κ3) is 6.32. The molecule has 3 atom stereocenters. The summed E-state index contributed by atoms with van der Waals surface area (Å²) >= 11 is 1.62. The number of ether oxygens (including phenoxy) is 1. The molecule has 1 saturated heterocycles. The molecule has 0 spiro atoms. The van der Waals surface area contributed by atoms with Crippen molar-refractivity contribution in [1.82, 2.24) is 4.90 Å². The lowest BCUT2D eigenvalue weighted by molar-refractivity contribution is -0.161. The Kier molecular flexibility index (Phi) is 7.65. The van der Waals surface area contributed by atoms with Crippen molar-refractivity contribution in [2.45, 2.75) is 76.2 Å². The molecule has 34 heavy (non-hydrogen) atoms. The smallest absolute Gasteiger partial charge is 0.326 e. The molecule has 7 heteroatoms. The highest BCUT2D eigenvalue weighted by Crippen LogP contribution is 2.39. The Labute approximate surface area is 206 Å². The quantitative estimate of drug-likeness (QED) is 0.553. The summed E-state index contributed by atoms with van der Waals surface area (Å²) in [4.78, 5) is 40.9. The molecule has 0 aromatic heterocycles. The molecule has 0 bridgehead atoms. The lowest BCUT2D eigenvalue weighted by Gasteiger charge is -2.34. The molecule has 184 valence electrons. The van der Waals surface area contributed by atoms with Crippen LogP contribution in [0.2, 0.25) is 0 Å². The zero-order valence-electron chi connectivity index (χ0n) is 20.8. The largest absolute Gasteiger partial charge is 0.480 e. The number of fused-ring (bicyclic) bond motifs is 1. The molecule has 1 aliphatic rings. The summed E-state index contributed by atoms with van der Waals surface area (Å²) in [6.45, 7) is 11.4. The molecule has 0 saturated carbocycles. The van der Waals surface area contributed by atoms with E-state index < -0.39 is 34.9 Å². The van der Waals surface area contributed by atoms with Gasteiger partial charge in [-0.3, -0.25) is 9.59 Å². The first-order valence-electron chi connectivity index (χ1n) is 11.7. The van der Waals surface area contributed by atoms with Crippen LogP contribution in [0.3, 0.4) is 0 Å². The van der Waals surface area contributed by atoms with Gasteiger partial charge in [0.2, 0.25) is 5.91 Å². The number of carbonyl (C=O) groups excluding carboxylic acids is 2. The fraction of sp³-hybridized carbons (Fsp3) is 0.519. The van der Waals surface area contributed by atoms with Crippen molar-refractivity contribution in [3.8, 4) is 0 Å². The molecule has 1 N–H and O–H groups in total. The Morgan fingerprint density at radius 2 is 1.71 bits per heavy atom. The number of carboxylic acid groups (broad SMARTS) is 1. The number of carboxylic acids is 1. The maximum Gasteiger partial charge on any atom is 0.326 e. The van der Waals surface area contributed by atoms with Crippen molar-refractivity contribution >= 4 is 40.4 Å². The van der Waals surface area contributed by atoms with E-state index in [-0.39, 0.29) is 17.6 Å². The van der Waals surface area contributed by atoms with Crippen molar-refractivity contribution in [2.24, 2.45) is 11.3 Å². The number of esters is 1. The van der Waals surface area contributed by atoms with Crippen LogP contribution in [0.4, 0.5) is 0 Å². The van der Waals surface area contributed by atoms with Crippen LogP contribution in [0.25, 0.3) is 10.8 Å². The van der Waals surface area contributed by atoms with E-state index in [9.17, 15) is 19.5 Å². The maximum atomic E-state index is 13.7. The number of amides is 1. The van der Waals surface area contributed by atoms with Gasteiger partial charge in [0.15, 0.2) is 0 Å². The molecule has 3 rings (SSSR count). The minimum atomic E-state index is -1.01. The molecule has 1 fully saturated rings. The first kappa shape index (κ1) is 26.1. The van der Waals surface area contributed by atoms with Crippen LogP contribution < -0.4 is 0 Å². The second-order valence-corrected chi connectivity index (χ2v) is 12.3. The number of benzene rings is 2. The number of nitrogens with zero attached hydrogens (tertiary/aromatic N) is 1. The van der Waals surface area contributed by atoms with Gasteiger partial charge in [0.25, 0.3) is 0 Å². The van der Waals surface area contributed by atoms with E-state index in [2.05, 4.69) is 18.2 Å². The van der Waals surface area contributed by atoms with E-state index in [1.54, 1.807) is 32.5 Å². The van der Waals surface area contributed by atoms with Crippen LogP contribution in [0.15, 0.2) is 47.4 Å². The summed E-state index contributed by atoms with van der Waals surface area (Å²) in [5.74, 6) is -2.44. The highest BCUT2D eigenvalue weighted by molar-refractivity contribution is 8.00. The lowest BCUT2D eigenvalue weighted by Crippen LogP contribution is -2.47. The Morgan fingerprint density at radius 3 is 2.32 bits per heavy atom. The topological polar surface area (TPSA) is 83.9 Å². The third-order valence-electron chi connectivity index (χ3n) is 6.01. The molecule has 1 amide bonds. The molecule has 2 aromatic rings. The molecule has 1 aliphatic heterocycles. The molecule has 0 radical (unpaired) electrons. The monoisotopic (exact) mass is 485 g/mol. The average Bonchev–Trinajstić information content (AvgIpc) is 3.14. The number of aliphatic carboxylic acids is 1.